The standard InChI is InChI=1S/C17H35NO/c1-8-11-16(9-2)15(7)18(10-3)17(19)14(6)12-13(4)5/h13-16H,8-12H2,1-7H3. The SMILES string of the molecule is CCCC(CC)C(C)N(CC)C(=O)C(C)CC(C)C. The van der Waals surface area contributed by atoms with Crippen molar-refractivity contribution >= 4 is 5.91 Å². The summed E-state index contributed by atoms with van der Waals surface area (Å²) < 4.78 is 0. The molecule has 1 amide bonds. The molecule has 0 radical (unpaired) electrons. The first kappa shape index (κ1) is 18.5. The maximum Gasteiger partial charge on any atom is 0.225 e. The van der Waals surface area contributed by atoms with Crippen LogP contribution in [0.25, 0.3) is 0 Å². The quantitative estimate of drug-likeness (QED) is 0.592. The minimum atomic E-state index is 0.154. The zero-order chi connectivity index (χ0) is 15.0. The lowest BCUT2D eigenvalue weighted by atomic mass is 9.90. The third-order valence-corrected chi connectivity index (χ3v) is 4.23. The Kier molecular flexibility index (Phi) is 9.12. The average molecular weight is 269 g/mol. The molecule has 0 aliphatic heterocycles. The molecule has 0 saturated heterocycles. The number of rotatable bonds is 9. The fraction of sp³-hybridized carbons (Fsp3) is 0.941. The Bertz CT molecular complexity index is 250. The van der Waals surface area contributed by atoms with E-state index < -0.39 is 0 Å². The number of hydrogen-bond donors (Lipinski definition) is 0. The maximum absolute atomic E-state index is 12.6. The van der Waals surface area contributed by atoms with Crippen molar-refractivity contribution < 1.29 is 4.79 Å². The Morgan fingerprint density at radius 2 is 1.63 bits per heavy atom. The number of hydrogen-bond acceptors (Lipinski definition) is 1. The first-order valence-electron chi connectivity index (χ1n) is 8.19. The van der Waals surface area contributed by atoms with Gasteiger partial charge in [-0.05, 0) is 38.5 Å². The molecular formula is C17H35NO. The van der Waals surface area contributed by atoms with Crippen LogP contribution >= 0.6 is 0 Å². The molecule has 0 fully saturated rings. The largest absolute Gasteiger partial charge is 0.340 e. The van der Waals surface area contributed by atoms with E-state index >= 15 is 0 Å². The van der Waals surface area contributed by atoms with Gasteiger partial charge in [0.2, 0.25) is 5.91 Å². The first-order chi connectivity index (χ1) is 8.88. The molecule has 0 spiro atoms. The summed E-state index contributed by atoms with van der Waals surface area (Å²) in [6, 6.07) is 0.372. The van der Waals surface area contributed by atoms with Gasteiger partial charge in [0.15, 0.2) is 0 Å². The Balaban J connectivity index is 4.73. The van der Waals surface area contributed by atoms with Gasteiger partial charge in [-0.1, -0.05) is 47.5 Å². The van der Waals surface area contributed by atoms with E-state index in [1.165, 1.54) is 12.8 Å². The van der Waals surface area contributed by atoms with Crippen molar-refractivity contribution in [3.63, 3.8) is 0 Å². The predicted molar refractivity (Wildman–Crippen MR) is 84.2 cm³/mol. The van der Waals surface area contributed by atoms with Crippen LogP contribution < -0.4 is 0 Å². The van der Waals surface area contributed by atoms with E-state index in [9.17, 15) is 4.79 Å². The van der Waals surface area contributed by atoms with Gasteiger partial charge in [0, 0.05) is 18.5 Å². The van der Waals surface area contributed by atoms with Crippen LogP contribution in [-0.2, 0) is 4.79 Å². The Morgan fingerprint density at radius 3 is 2.00 bits per heavy atom. The summed E-state index contributed by atoms with van der Waals surface area (Å²) in [4.78, 5) is 14.7. The summed E-state index contributed by atoms with van der Waals surface area (Å²) >= 11 is 0. The molecule has 2 heteroatoms. The van der Waals surface area contributed by atoms with Gasteiger partial charge in [-0.15, -0.1) is 0 Å². The fourth-order valence-electron chi connectivity index (χ4n) is 3.15. The first-order valence-corrected chi connectivity index (χ1v) is 8.19. The van der Waals surface area contributed by atoms with Crippen molar-refractivity contribution in [2.75, 3.05) is 6.54 Å². The van der Waals surface area contributed by atoms with Gasteiger partial charge < -0.3 is 4.90 Å². The van der Waals surface area contributed by atoms with Crippen molar-refractivity contribution in [1.29, 1.82) is 0 Å². The van der Waals surface area contributed by atoms with Gasteiger partial charge in [-0.3, -0.25) is 4.79 Å². The van der Waals surface area contributed by atoms with E-state index in [0.29, 0.717) is 23.8 Å². The molecule has 0 bridgehead atoms. The second-order valence-corrected chi connectivity index (χ2v) is 6.35. The third-order valence-electron chi connectivity index (χ3n) is 4.23. The van der Waals surface area contributed by atoms with Crippen molar-refractivity contribution in [3.05, 3.63) is 0 Å². The minimum Gasteiger partial charge on any atom is -0.340 e. The summed E-state index contributed by atoms with van der Waals surface area (Å²) in [5, 5.41) is 0. The van der Waals surface area contributed by atoms with Gasteiger partial charge in [-0.25, -0.2) is 0 Å². The summed E-state index contributed by atoms with van der Waals surface area (Å²) in [6.07, 6.45) is 4.58. The van der Waals surface area contributed by atoms with Gasteiger partial charge in [0.1, 0.15) is 0 Å². The molecule has 0 aromatic carbocycles. The summed E-state index contributed by atoms with van der Waals surface area (Å²) in [5.41, 5.74) is 0. The zero-order valence-electron chi connectivity index (χ0n) is 14.2. The summed E-state index contributed by atoms with van der Waals surface area (Å²) in [5.74, 6) is 1.73. The van der Waals surface area contributed by atoms with E-state index in [1.54, 1.807) is 0 Å². The van der Waals surface area contributed by atoms with Crippen molar-refractivity contribution in [3.8, 4) is 0 Å². The Labute approximate surface area is 120 Å². The number of carbonyl (C=O) groups is 1. The van der Waals surface area contributed by atoms with Crippen LogP contribution in [0.5, 0.6) is 0 Å². The molecule has 3 unspecified atom stereocenters. The maximum atomic E-state index is 12.6. The number of nitrogens with zero attached hydrogens (tertiary/aromatic N) is 1. The van der Waals surface area contributed by atoms with Crippen LogP contribution in [0, 0.1) is 17.8 Å². The normalized spacial score (nSPS) is 16.2. The van der Waals surface area contributed by atoms with Crippen molar-refractivity contribution in [2.24, 2.45) is 17.8 Å². The molecule has 0 saturated carbocycles. The molecule has 3 atom stereocenters. The highest BCUT2D eigenvalue weighted by molar-refractivity contribution is 5.78. The van der Waals surface area contributed by atoms with E-state index in [-0.39, 0.29) is 5.92 Å². The van der Waals surface area contributed by atoms with E-state index in [2.05, 4.69) is 53.4 Å². The summed E-state index contributed by atoms with van der Waals surface area (Å²) in [7, 11) is 0. The van der Waals surface area contributed by atoms with Gasteiger partial charge in [0.05, 0.1) is 0 Å². The van der Waals surface area contributed by atoms with Crippen molar-refractivity contribution in [2.45, 2.75) is 80.2 Å². The van der Waals surface area contributed by atoms with Crippen LogP contribution in [0.15, 0.2) is 0 Å². The van der Waals surface area contributed by atoms with Crippen LogP contribution in [-0.4, -0.2) is 23.4 Å². The van der Waals surface area contributed by atoms with Gasteiger partial charge >= 0.3 is 0 Å². The molecule has 0 aliphatic rings. The summed E-state index contributed by atoms with van der Waals surface area (Å²) in [6.45, 7) is 16.1. The lowest BCUT2D eigenvalue weighted by molar-refractivity contribution is -0.138. The second-order valence-electron chi connectivity index (χ2n) is 6.35. The average Bonchev–Trinajstić information content (AvgIpc) is 2.35. The molecule has 0 aliphatic carbocycles. The van der Waals surface area contributed by atoms with E-state index in [4.69, 9.17) is 0 Å². The highest BCUT2D eigenvalue weighted by Crippen LogP contribution is 2.23. The lowest BCUT2D eigenvalue weighted by Crippen LogP contribution is -2.45. The van der Waals surface area contributed by atoms with Crippen LogP contribution in [0.2, 0.25) is 0 Å². The molecule has 0 aromatic heterocycles. The molecular weight excluding hydrogens is 234 g/mol. The van der Waals surface area contributed by atoms with E-state index in [1.807, 2.05) is 0 Å². The molecule has 0 aromatic rings. The molecule has 19 heavy (non-hydrogen) atoms. The molecule has 0 N–H and O–H groups in total. The van der Waals surface area contributed by atoms with Crippen molar-refractivity contribution in [1.82, 2.24) is 4.90 Å². The predicted octanol–water partition coefficient (Wildman–Crippen LogP) is 4.73. The fourth-order valence-corrected chi connectivity index (χ4v) is 3.15. The lowest BCUT2D eigenvalue weighted by Gasteiger charge is -2.35. The monoisotopic (exact) mass is 269 g/mol. The molecule has 0 heterocycles. The number of carbonyl (C=O) groups excluding carboxylic acids is 1. The zero-order valence-corrected chi connectivity index (χ0v) is 14.2. The van der Waals surface area contributed by atoms with Gasteiger partial charge in [-0.2, -0.15) is 0 Å². The number of amides is 1. The van der Waals surface area contributed by atoms with E-state index in [0.717, 1.165) is 19.4 Å². The minimum absolute atomic E-state index is 0.154. The smallest absolute Gasteiger partial charge is 0.225 e. The molecule has 0 rings (SSSR count). The highest BCUT2D eigenvalue weighted by Gasteiger charge is 2.27. The third kappa shape index (κ3) is 5.97. The second kappa shape index (κ2) is 9.39. The van der Waals surface area contributed by atoms with Crippen LogP contribution in [0.1, 0.15) is 74.1 Å². The topological polar surface area (TPSA) is 20.3 Å². The Hall–Kier alpha value is -0.530. The van der Waals surface area contributed by atoms with Crippen LogP contribution in [0.3, 0.4) is 0 Å². The molecule has 114 valence electrons. The van der Waals surface area contributed by atoms with Gasteiger partial charge in [0.25, 0.3) is 0 Å². The highest BCUT2D eigenvalue weighted by atomic mass is 16.2. The Morgan fingerprint density at radius 1 is 1.05 bits per heavy atom. The van der Waals surface area contributed by atoms with Crippen LogP contribution in [0.4, 0.5) is 0 Å². The molecule has 2 nitrogen and oxygen atoms in total.